The zero-order chi connectivity index (χ0) is 22.7. The first-order chi connectivity index (χ1) is 14.4. The number of piperidine rings is 1. The molecule has 0 aliphatic carbocycles. The highest BCUT2D eigenvalue weighted by atomic mass is 32.1. The van der Waals surface area contributed by atoms with Crippen LogP contribution in [0, 0.1) is 12.8 Å². The van der Waals surface area contributed by atoms with E-state index >= 15 is 0 Å². The number of methoxy groups -OCH3 is 1. The van der Waals surface area contributed by atoms with Crippen LogP contribution in [0.3, 0.4) is 0 Å². The second-order valence-electron chi connectivity index (χ2n) is 9.88. The van der Waals surface area contributed by atoms with Crippen molar-refractivity contribution < 1.29 is 23.2 Å². The number of carbonyl (C=O) groups is 1. The molecule has 168 valence electrons. The van der Waals surface area contributed by atoms with Gasteiger partial charge in [0.05, 0.1) is 24.9 Å². The number of halogens is 1. The Morgan fingerprint density at radius 1 is 1.23 bits per heavy atom. The van der Waals surface area contributed by atoms with Crippen molar-refractivity contribution in [1.82, 2.24) is 4.90 Å². The minimum absolute atomic E-state index is 0.145. The minimum atomic E-state index is -0.975. The van der Waals surface area contributed by atoms with Crippen molar-refractivity contribution in [2.75, 3.05) is 20.2 Å². The maximum atomic E-state index is 14.1. The van der Waals surface area contributed by atoms with Crippen LogP contribution >= 0.6 is 11.3 Å². The number of benzene rings is 1. The summed E-state index contributed by atoms with van der Waals surface area (Å²) in [5.74, 6) is 0.633. The Morgan fingerprint density at radius 3 is 2.45 bits per heavy atom. The van der Waals surface area contributed by atoms with E-state index in [4.69, 9.17) is 14.0 Å². The number of alkyl halides is 1. The number of nitrogens with zero attached hydrogens (tertiary/aromatic N) is 1. The third-order valence-electron chi connectivity index (χ3n) is 6.86. The van der Waals surface area contributed by atoms with E-state index in [1.165, 1.54) is 0 Å². The summed E-state index contributed by atoms with van der Waals surface area (Å²) in [6, 6.07) is 3.66. The van der Waals surface area contributed by atoms with E-state index in [1.807, 2.05) is 47.6 Å². The van der Waals surface area contributed by atoms with E-state index < -0.39 is 24.5 Å². The van der Waals surface area contributed by atoms with Gasteiger partial charge < -0.3 is 18.9 Å². The van der Waals surface area contributed by atoms with Crippen molar-refractivity contribution in [1.29, 1.82) is 0 Å². The summed E-state index contributed by atoms with van der Waals surface area (Å²) in [5, 5.41) is 0.962. The fourth-order valence-corrected chi connectivity index (χ4v) is 5.67. The molecule has 0 unspecified atom stereocenters. The average Bonchev–Trinajstić information content (AvgIpc) is 3.12. The summed E-state index contributed by atoms with van der Waals surface area (Å²) in [7, 11) is 1.14. The number of likely N-dealkylation sites (tertiary alicyclic amines) is 1. The number of hydrogen-bond donors (Lipinski definition) is 0. The standard InChI is InChI=1S/C23H31BFNO4S/c1-13-8-16(25)12-26(11-13)21(27)15-9-17(28-7)19-14(2)20(31-18(19)10-15)24-29-22(3,4)23(5,6)30-24/h9-10,13,16H,8,11-12H2,1-7H3/t13-,16-/m1/s1. The van der Waals surface area contributed by atoms with Crippen LogP contribution in [0.15, 0.2) is 12.1 Å². The zero-order valence-corrected chi connectivity index (χ0v) is 20.2. The quantitative estimate of drug-likeness (QED) is 0.657. The maximum absolute atomic E-state index is 14.1. The normalized spacial score (nSPS) is 25.3. The largest absolute Gasteiger partial charge is 0.505 e. The topological polar surface area (TPSA) is 48.0 Å². The first-order valence-corrected chi connectivity index (χ1v) is 11.6. The number of fused-ring (bicyclic) bond motifs is 1. The van der Waals surface area contributed by atoms with Gasteiger partial charge in [-0.05, 0) is 64.7 Å². The first-order valence-electron chi connectivity index (χ1n) is 10.8. The fraction of sp³-hybridized carbons (Fsp3) is 0.609. The molecule has 4 rings (SSSR count). The van der Waals surface area contributed by atoms with Crippen LogP contribution in [0.25, 0.3) is 10.1 Å². The number of aryl methyl sites for hydroxylation is 1. The van der Waals surface area contributed by atoms with Crippen molar-refractivity contribution in [2.45, 2.75) is 65.3 Å². The van der Waals surface area contributed by atoms with Crippen LogP contribution < -0.4 is 9.51 Å². The van der Waals surface area contributed by atoms with E-state index in [-0.39, 0.29) is 18.4 Å². The van der Waals surface area contributed by atoms with Gasteiger partial charge in [-0.3, -0.25) is 4.79 Å². The van der Waals surface area contributed by atoms with Gasteiger partial charge >= 0.3 is 7.12 Å². The van der Waals surface area contributed by atoms with Crippen molar-refractivity contribution in [2.24, 2.45) is 5.92 Å². The third kappa shape index (κ3) is 3.87. The highest BCUT2D eigenvalue weighted by Gasteiger charge is 2.52. The highest BCUT2D eigenvalue weighted by molar-refractivity contribution is 7.28. The van der Waals surface area contributed by atoms with Gasteiger partial charge in [0, 0.05) is 27.0 Å². The fourth-order valence-electron chi connectivity index (χ4n) is 4.44. The molecule has 1 aromatic carbocycles. The number of thiophene rings is 1. The predicted molar refractivity (Wildman–Crippen MR) is 123 cm³/mol. The van der Waals surface area contributed by atoms with Crippen molar-refractivity contribution >= 4 is 39.2 Å². The van der Waals surface area contributed by atoms with Gasteiger partial charge in [-0.1, -0.05) is 6.92 Å². The van der Waals surface area contributed by atoms with Crippen molar-refractivity contribution in [3.05, 3.63) is 23.3 Å². The molecule has 2 aliphatic rings. The Kier molecular flexibility index (Phi) is 5.64. The molecular formula is C23H31BFNO4S. The molecule has 2 saturated heterocycles. The molecule has 2 atom stereocenters. The maximum Gasteiger partial charge on any atom is 0.505 e. The number of ether oxygens (including phenoxy) is 1. The van der Waals surface area contributed by atoms with Crippen LogP contribution in [0.4, 0.5) is 4.39 Å². The number of carbonyl (C=O) groups excluding carboxylic acids is 1. The van der Waals surface area contributed by atoms with E-state index in [0.717, 1.165) is 20.4 Å². The third-order valence-corrected chi connectivity index (χ3v) is 8.12. The molecule has 2 fully saturated rings. The monoisotopic (exact) mass is 447 g/mol. The molecular weight excluding hydrogens is 416 g/mol. The zero-order valence-electron chi connectivity index (χ0n) is 19.4. The summed E-state index contributed by atoms with van der Waals surface area (Å²) in [4.78, 5) is 14.8. The molecule has 0 spiro atoms. The summed E-state index contributed by atoms with van der Waals surface area (Å²) in [5.41, 5.74) is 0.691. The highest BCUT2D eigenvalue weighted by Crippen LogP contribution is 2.40. The molecule has 2 aliphatic heterocycles. The summed E-state index contributed by atoms with van der Waals surface area (Å²) >= 11 is 1.56. The van der Waals surface area contributed by atoms with Gasteiger partial charge in [-0.15, -0.1) is 11.3 Å². The molecule has 31 heavy (non-hydrogen) atoms. The number of hydrogen-bond acceptors (Lipinski definition) is 5. The molecule has 0 bridgehead atoms. The van der Waals surface area contributed by atoms with E-state index in [2.05, 4.69) is 0 Å². The summed E-state index contributed by atoms with van der Waals surface area (Å²) in [6.07, 6.45) is -0.467. The molecule has 2 aromatic rings. The Bertz CT molecular complexity index is 995. The Balaban J connectivity index is 1.73. The van der Waals surface area contributed by atoms with Gasteiger partial charge in [0.25, 0.3) is 5.91 Å². The molecule has 1 aromatic heterocycles. The van der Waals surface area contributed by atoms with Crippen LogP contribution in [-0.2, 0) is 9.31 Å². The second kappa shape index (κ2) is 7.75. The molecule has 5 nitrogen and oxygen atoms in total. The molecule has 0 radical (unpaired) electrons. The minimum Gasteiger partial charge on any atom is -0.496 e. The molecule has 8 heteroatoms. The summed E-state index contributed by atoms with van der Waals surface area (Å²) in [6.45, 7) is 12.9. The SMILES string of the molecule is COc1cc(C(=O)N2C[C@H](C)C[C@@H](F)C2)cc2sc(B3OC(C)(C)C(C)(C)O3)c(C)c12. The van der Waals surface area contributed by atoms with Gasteiger partial charge in [-0.25, -0.2) is 4.39 Å². The van der Waals surface area contributed by atoms with Gasteiger partial charge in [0.1, 0.15) is 11.9 Å². The second-order valence-corrected chi connectivity index (χ2v) is 11.0. The summed E-state index contributed by atoms with van der Waals surface area (Å²) < 4.78 is 34.2. The predicted octanol–water partition coefficient (Wildman–Crippen LogP) is 4.34. The first kappa shape index (κ1) is 22.6. The van der Waals surface area contributed by atoms with Crippen LogP contribution in [0.5, 0.6) is 5.75 Å². The lowest BCUT2D eigenvalue weighted by atomic mass is 9.84. The van der Waals surface area contributed by atoms with E-state index in [1.54, 1.807) is 29.4 Å². The van der Waals surface area contributed by atoms with E-state index in [0.29, 0.717) is 24.3 Å². The Labute approximate surface area is 188 Å². The van der Waals surface area contributed by atoms with Crippen LogP contribution in [0.2, 0.25) is 0 Å². The van der Waals surface area contributed by atoms with E-state index in [9.17, 15) is 9.18 Å². The smallest absolute Gasteiger partial charge is 0.496 e. The lowest BCUT2D eigenvalue weighted by Crippen LogP contribution is -2.44. The van der Waals surface area contributed by atoms with Crippen LogP contribution in [-0.4, -0.2) is 55.5 Å². The van der Waals surface area contributed by atoms with Gasteiger partial charge in [0.2, 0.25) is 0 Å². The van der Waals surface area contributed by atoms with Crippen LogP contribution in [0.1, 0.15) is 57.0 Å². The Morgan fingerprint density at radius 2 is 1.87 bits per heavy atom. The lowest BCUT2D eigenvalue weighted by Gasteiger charge is -2.33. The average molecular weight is 447 g/mol. The molecule has 3 heterocycles. The lowest BCUT2D eigenvalue weighted by molar-refractivity contribution is 0.00578. The number of rotatable bonds is 3. The Hall–Kier alpha value is -1.64. The molecule has 1 amide bonds. The van der Waals surface area contributed by atoms with Crippen molar-refractivity contribution in [3.8, 4) is 5.75 Å². The van der Waals surface area contributed by atoms with Gasteiger partial charge in [0.15, 0.2) is 0 Å². The molecule has 0 saturated carbocycles. The van der Waals surface area contributed by atoms with Crippen molar-refractivity contribution in [3.63, 3.8) is 0 Å². The number of amides is 1. The van der Waals surface area contributed by atoms with Gasteiger partial charge in [-0.2, -0.15) is 0 Å². The molecule has 0 N–H and O–H groups in total.